The zero-order chi connectivity index (χ0) is 10.4. The molecular formula is C12H15FO. The summed E-state index contributed by atoms with van der Waals surface area (Å²) in [5.74, 6) is 0.774. The summed E-state index contributed by atoms with van der Waals surface area (Å²) >= 11 is 0. The lowest BCUT2D eigenvalue weighted by Gasteiger charge is -2.06. The van der Waals surface area contributed by atoms with E-state index in [1.54, 1.807) is 6.08 Å². The zero-order valence-corrected chi connectivity index (χ0v) is 8.37. The summed E-state index contributed by atoms with van der Waals surface area (Å²) in [7, 11) is 0. The molecule has 0 fully saturated rings. The van der Waals surface area contributed by atoms with Gasteiger partial charge in [-0.1, -0.05) is 24.8 Å². The van der Waals surface area contributed by atoms with E-state index < -0.39 is 6.17 Å². The van der Waals surface area contributed by atoms with Crippen LogP contribution >= 0.6 is 0 Å². The third-order valence-electron chi connectivity index (χ3n) is 1.90. The van der Waals surface area contributed by atoms with E-state index in [1.165, 1.54) is 6.92 Å². The molecule has 0 N–H and O–H groups in total. The fourth-order valence-corrected chi connectivity index (χ4v) is 1.04. The van der Waals surface area contributed by atoms with Gasteiger partial charge in [-0.05, 0) is 24.6 Å². The van der Waals surface area contributed by atoms with E-state index >= 15 is 0 Å². The van der Waals surface area contributed by atoms with Crippen LogP contribution in [0.15, 0.2) is 30.8 Å². The molecule has 14 heavy (non-hydrogen) atoms. The van der Waals surface area contributed by atoms with Gasteiger partial charge in [0.2, 0.25) is 0 Å². The first-order valence-corrected chi connectivity index (χ1v) is 4.71. The van der Waals surface area contributed by atoms with Gasteiger partial charge in [0.1, 0.15) is 11.9 Å². The van der Waals surface area contributed by atoms with Crippen molar-refractivity contribution >= 4 is 6.08 Å². The highest BCUT2D eigenvalue weighted by Crippen LogP contribution is 2.13. The lowest BCUT2D eigenvalue weighted by molar-refractivity contribution is 0.247. The van der Waals surface area contributed by atoms with E-state index in [-0.39, 0.29) is 0 Å². The Balaban J connectivity index is 2.40. The Morgan fingerprint density at radius 2 is 2.07 bits per heavy atom. The third-order valence-corrected chi connectivity index (χ3v) is 1.90. The maximum Gasteiger partial charge on any atom is 0.119 e. The van der Waals surface area contributed by atoms with Gasteiger partial charge in [0.15, 0.2) is 0 Å². The van der Waals surface area contributed by atoms with Crippen molar-refractivity contribution in [3.63, 3.8) is 0 Å². The molecule has 1 aromatic rings. The summed E-state index contributed by atoms with van der Waals surface area (Å²) in [6, 6.07) is 7.56. The van der Waals surface area contributed by atoms with Crippen molar-refractivity contribution in [3.05, 3.63) is 36.4 Å². The van der Waals surface area contributed by atoms with Gasteiger partial charge in [-0.3, -0.25) is 0 Å². The SMILES string of the molecule is C=Cc1ccc(OCCC(C)F)cc1. The van der Waals surface area contributed by atoms with Crippen LogP contribution in [0.5, 0.6) is 5.75 Å². The molecule has 0 saturated heterocycles. The minimum atomic E-state index is -0.803. The van der Waals surface area contributed by atoms with Crippen LogP contribution in [-0.2, 0) is 0 Å². The standard InChI is InChI=1S/C12H15FO/c1-3-11-4-6-12(7-5-11)14-9-8-10(2)13/h3-7,10H,1,8-9H2,2H3. The molecule has 1 atom stereocenters. The number of rotatable bonds is 5. The minimum Gasteiger partial charge on any atom is -0.493 e. The summed E-state index contributed by atoms with van der Waals surface area (Å²) in [5.41, 5.74) is 1.05. The summed E-state index contributed by atoms with van der Waals surface area (Å²) in [4.78, 5) is 0. The van der Waals surface area contributed by atoms with Gasteiger partial charge in [0.05, 0.1) is 6.61 Å². The fourth-order valence-electron chi connectivity index (χ4n) is 1.04. The molecule has 0 aliphatic heterocycles. The highest BCUT2D eigenvalue weighted by Gasteiger charge is 1.98. The Bertz CT molecular complexity index is 277. The topological polar surface area (TPSA) is 9.23 Å². The second-order valence-electron chi connectivity index (χ2n) is 3.19. The lowest BCUT2D eigenvalue weighted by Crippen LogP contribution is -2.03. The second-order valence-corrected chi connectivity index (χ2v) is 3.19. The molecule has 1 aromatic carbocycles. The van der Waals surface area contributed by atoms with Crippen LogP contribution in [0.25, 0.3) is 6.08 Å². The molecule has 1 rings (SSSR count). The van der Waals surface area contributed by atoms with Crippen LogP contribution in [0, 0.1) is 0 Å². The molecule has 0 aliphatic carbocycles. The number of ether oxygens (including phenoxy) is 1. The smallest absolute Gasteiger partial charge is 0.119 e. The van der Waals surface area contributed by atoms with Crippen LogP contribution in [0.3, 0.4) is 0 Å². The van der Waals surface area contributed by atoms with Crippen LogP contribution in [0.4, 0.5) is 4.39 Å². The lowest BCUT2D eigenvalue weighted by atomic mass is 10.2. The highest BCUT2D eigenvalue weighted by molar-refractivity contribution is 5.48. The van der Waals surface area contributed by atoms with Crippen molar-refractivity contribution in [3.8, 4) is 5.75 Å². The van der Waals surface area contributed by atoms with Crippen LogP contribution in [0.1, 0.15) is 18.9 Å². The van der Waals surface area contributed by atoms with Crippen LogP contribution in [0.2, 0.25) is 0 Å². The highest BCUT2D eigenvalue weighted by atomic mass is 19.1. The zero-order valence-electron chi connectivity index (χ0n) is 8.37. The molecule has 0 aliphatic rings. The number of alkyl halides is 1. The van der Waals surface area contributed by atoms with Gasteiger partial charge >= 0.3 is 0 Å². The van der Waals surface area contributed by atoms with Gasteiger partial charge in [-0.25, -0.2) is 4.39 Å². The van der Waals surface area contributed by atoms with Crippen molar-refractivity contribution in [2.45, 2.75) is 19.5 Å². The maximum absolute atomic E-state index is 12.4. The number of halogens is 1. The van der Waals surface area contributed by atoms with E-state index in [9.17, 15) is 4.39 Å². The number of hydrogen-bond acceptors (Lipinski definition) is 1. The molecule has 1 unspecified atom stereocenters. The quantitative estimate of drug-likeness (QED) is 0.697. The Morgan fingerprint density at radius 1 is 1.43 bits per heavy atom. The van der Waals surface area contributed by atoms with E-state index in [2.05, 4.69) is 6.58 Å². The number of hydrogen-bond donors (Lipinski definition) is 0. The second kappa shape index (κ2) is 5.43. The maximum atomic E-state index is 12.4. The first-order chi connectivity index (χ1) is 6.72. The van der Waals surface area contributed by atoms with Crippen molar-refractivity contribution in [2.24, 2.45) is 0 Å². The summed E-state index contributed by atoms with van der Waals surface area (Å²) in [5, 5.41) is 0. The van der Waals surface area contributed by atoms with Crippen molar-refractivity contribution < 1.29 is 9.13 Å². The first kappa shape index (κ1) is 10.8. The molecule has 0 heterocycles. The molecule has 0 spiro atoms. The summed E-state index contributed by atoms with van der Waals surface area (Å²) in [6.07, 6.45) is 1.40. The van der Waals surface area contributed by atoms with Gasteiger partial charge < -0.3 is 4.74 Å². The molecule has 0 amide bonds. The van der Waals surface area contributed by atoms with Gasteiger partial charge in [-0.2, -0.15) is 0 Å². The first-order valence-electron chi connectivity index (χ1n) is 4.71. The predicted octanol–water partition coefficient (Wildman–Crippen LogP) is 3.46. The Labute approximate surface area is 84.2 Å². The third kappa shape index (κ3) is 3.60. The number of benzene rings is 1. The van der Waals surface area contributed by atoms with Gasteiger partial charge in [-0.15, -0.1) is 0 Å². The average molecular weight is 194 g/mol. The van der Waals surface area contributed by atoms with Crippen molar-refractivity contribution in [1.29, 1.82) is 0 Å². The normalized spacial score (nSPS) is 12.1. The predicted molar refractivity (Wildman–Crippen MR) is 57.2 cm³/mol. The molecule has 0 bridgehead atoms. The van der Waals surface area contributed by atoms with Crippen molar-refractivity contribution in [2.75, 3.05) is 6.61 Å². The van der Waals surface area contributed by atoms with E-state index in [1.807, 2.05) is 24.3 Å². The molecule has 0 radical (unpaired) electrons. The molecule has 76 valence electrons. The van der Waals surface area contributed by atoms with Crippen molar-refractivity contribution in [1.82, 2.24) is 0 Å². The van der Waals surface area contributed by atoms with E-state index in [4.69, 9.17) is 4.74 Å². The van der Waals surface area contributed by atoms with E-state index in [0.29, 0.717) is 13.0 Å². The Morgan fingerprint density at radius 3 is 2.57 bits per heavy atom. The Hall–Kier alpha value is -1.31. The fraction of sp³-hybridized carbons (Fsp3) is 0.333. The molecule has 0 saturated carbocycles. The van der Waals surface area contributed by atoms with Gasteiger partial charge in [0, 0.05) is 6.42 Å². The monoisotopic (exact) mass is 194 g/mol. The summed E-state index contributed by atoms with van der Waals surface area (Å²) in [6.45, 7) is 5.61. The largest absolute Gasteiger partial charge is 0.493 e. The van der Waals surface area contributed by atoms with Gasteiger partial charge in [0.25, 0.3) is 0 Å². The van der Waals surface area contributed by atoms with E-state index in [0.717, 1.165) is 11.3 Å². The minimum absolute atomic E-state index is 0.422. The average Bonchev–Trinajstić information content (AvgIpc) is 2.18. The molecule has 0 aromatic heterocycles. The van der Waals surface area contributed by atoms with Crippen LogP contribution in [-0.4, -0.2) is 12.8 Å². The van der Waals surface area contributed by atoms with Crippen LogP contribution < -0.4 is 4.74 Å². The molecule has 1 nitrogen and oxygen atoms in total. The molecule has 2 heteroatoms. The molecular weight excluding hydrogens is 179 g/mol. The summed E-state index contributed by atoms with van der Waals surface area (Å²) < 4.78 is 17.8. The Kier molecular flexibility index (Phi) is 4.17.